The normalized spacial score (nSPS) is 10.7. The molecule has 0 aliphatic rings. The first-order chi connectivity index (χ1) is 8.79. The van der Waals surface area contributed by atoms with Crippen molar-refractivity contribution in [3.63, 3.8) is 0 Å². The van der Waals surface area contributed by atoms with Gasteiger partial charge in [0.25, 0.3) is 0 Å². The van der Waals surface area contributed by atoms with Gasteiger partial charge >= 0.3 is 0 Å². The van der Waals surface area contributed by atoms with Crippen molar-refractivity contribution in [3.8, 4) is 5.75 Å². The topological polar surface area (TPSA) is 51.3 Å². The number of unbranched alkanes of at least 4 members (excludes halogenated alkanes) is 1. The fraction of sp³-hybridized carbons (Fsp3) is 0.308. The highest BCUT2D eigenvalue weighted by molar-refractivity contribution is 7.75. The summed E-state index contributed by atoms with van der Waals surface area (Å²) >= 11 is 3.67. The van der Waals surface area contributed by atoms with Crippen LogP contribution in [0.1, 0.15) is 12.8 Å². The Labute approximate surface area is 111 Å². The molecule has 0 amide bonds. The number of benzene rings is 1. The van der Waals surface area contributed by atoms with Crippen LogP contribution in [0, 0.1) is 0 Å². The summed E-state index contributed by atoms with van der Waals surface area (Å²) in [5, 5.41) is 0.991. The summed E-state index contributed by atoms with van der Waals surface area (Å²) in [4.78, 5) is 14.0. The minimum absolute atomic E-state index is 0.106. The van der Waals surface area contributed by atoms with Crippen molar-refractivity contribution in [3.05, 3.63) is 40.7 Å². The molecule has 0 spiro atoms. The Balaban J connectivity index is 1.99. The molecule has 0 atom stereocenters. The molecule has 1 N–H and O–H groups in total. The molecule has 1 aromatic heterocycles. The van der Waals surface area contributed by atoms with Crippen molar-refractivity contribution in [2.45, 2.75) is 12.8 Å². The van der Waals surface area contributed by atoms with Crippen LogP contribution in [0.4, 0.5) is 0 Å². The van der Waals surface area contributed by atoms with Gasteiger partial charge in [-0.05, 0) is 49.3 Å². The summed E-state index contributed by atoms with van der Waals surface area (Å²) in [5.74, 6) is 0.760. The van der Waals surface area contributed by atoms with Gasteiger partial charge in [0.05, 0.1) is 18.7 Å². The van der Waals surface area contributed by atoms with Crippen molar-refractivity contribution in [1.82, 2.24) is 4.98 Å². The second kappa shape index (κ2) is 6.47. The SMILES string of the molecule is O=c1ccc2ccc(OCCCCOS)cc2[nH]1. The second-order valence-electron chi connectivity index (χ2n) is 3.96. The molecule has 0 saturated heterocycles. The molecule has 1 aromatic carbocycles. The Morgan fingerprint density at radius 2 is 1.89 bits per heavy atom. The third kappa shape index (κ3) is 3.51. The van der Waals surface area contributed by atoms with Crippen LogP contribution in [-0.2, 0) is 4.18 Å². The lowest BCUT2D eigenvalue weighted by atomic mass is 10.2. The van der Waals surface area contributed by atoms with Gasteiger partial charge in [-0.3, -0.25) is 4.79 Å². The van der Waals surface area contributed by atoms with E-state index in [1.54, 1.807) is 6.07 Å². The van der Waals surface area contributed by atoms with E-state index in [-0.39, 0.29) is 5.56 Å². The van der Waals surface area contributed by atoms with E-state index in [2.05, 4.69) is 22.1 Å². The highest BCUT2D eigenvalue weighted by Crippen LogP contribution is 2.18. The average molecular weight is 265 g/mol. The zero-order valence-electron chi connectivity index (χ0n) is 9.89. The van der Waals surface area contributed by atoms with Crippen LogP contribution >= 0.6 is 12.9 Å². The largest absolute Gasteiger partial charge is 0.494 e. The van der Waals surface area contributed by atoms with Crippen molar-refractivity contribution in [1.29, 1.82) is 0 Å². The highest BCUT2D eigenvalue weighted by Gasteiger charge is 1.98. The molecule has 0 fully saturated rings. The molecular formula is C13H15NO3S. The van der Waals surface area contributed by atoms with Crippen molar-refractivity contribution in [2.24, 2.45) is 0 Å². The molecule has 0 aliphatic heterocycles. The monoisotopic (exact) mass is 265 g/mol. The van der Waals surface area contributed by atoms with E-state index in [4.69, 9.17) is 4.74 Å². The number of pyridine rings is 1. The summed E-state index contributed by atoms with van der Waals surface area (Å²) in [7, 11) is 0. The summed E-state index contributed by atoms with van der Waals surface area (Å²) in [6, 6.07) is 8.97. The molecule has 1 heterocycles. The first-order valence-corrected chi connectivity index (χ1v) is 6.18. The van der Waals surface area contributed by atoms with Crippen LogP contribution < -0.4 is 10.3 Å². The fourth-order valence-corrected chi connectivity index (χ4v) is 1.81. The van der Waals surface area contributed by atoms with E-state index in [0.29, 0.717) is 13.2 Å². The summed E-state index contributed by atoms with van der Waals surface area (Å²) in [6.45, 7) is 1.25. The Bertz CT molecular complexity index is 567. The van der Waals surface area contributed by atoms with Crippen LogP contribution in [0.15, 0.2) is 35.1 Å². The van der Waals surface area contributed by atoms with E-state index >= 15 is 0 Å². The van der Waals surface area contributed by atoms with E-state index in [0.717, 1.165) is 29.5 Å². The van der Waals surface area contributed by atoms with Crippen LogP contribution in [0.2, 0.25) is 0 Å². The molecule has 0 unspecified atom stereocenters. The van der Waals surface area contributed by atoms with Gasteiger partial charge in [-0.2, -0.15) is 0 Å². The van der Waals surface area contributed by atoms with Crippen molar-refractivity contribution >= 4 is 23.8 Å². The Morgan fingerprint density at radius 1 is 1.11 bits per heavy atom. The number of fused-ring (bicyclic) bond motifs is 1. The number of rotatable bonds is 6. The number of H-pyrrole nitrogens is 1. The minimum atomic E-state index is -0.106. The van der Waals surface area contributed by atoms with Crippen LogP contribution in [0.25, 0.3) is 10.9 Å². The summed E-state index contributed by atoms with van der Waals surface area (Å²) in [5.41, 5.74) is 0.685. The lowest BCUT2D eigenvalue weighted by Gasteiger charge is -2.06. The zero-order chi connectivity index (χ0) is 12.8. The number of aromatic nitrogens is 1. The lowest BCUT2D eigenvalue weighted by molar-refractivity contribution is 0.285. The van der Waals surface area contributed by atoms with E-state index in [1.165, 1.54) is 6.07 Å². The van der Waals surface area contributed by atoms with Gasteiger partial charge in [-0.25, -0.2) is 0 Å². The van der Waals surface area contributed by atoms with E-state index in [9.17, 15) is 4.79 Å². The van der Waals surface area contributed by atoms with Gasteiger partial charge in [-0.1, -0.05) is 0 Å². The molecule has 0 bridgehead atoms. The molecule has 96 valence electrons. The number of nitrogens with one attached hydrogen (secondary N) is 1. The Morgan fingerprint density at radius 3 is 2.72 bits per heavy atom. The molecule has 0 radical (unpaired) electrons. The maximum atomic E-state index is 11.2. The second-order valence-corrected chi connectivity index (χ2v) is 4.22. The smallest absolute Gasteiger partial charge is 0.248 e. The van der Waals surface area contributed by atoms with Crippen molar-refractivity contribution < 1.29 is 8.92 Å². The van der Waals surface area contributed by atoms with Crippen LogP contribution in [0.5, 0.6) is 5.75 Å². The summed E-state index contributed by atoms with van der Waals surface area (Å²) < 4.78 is 10.3. The molecule has 18 heavy (non-hydrogen) atoms. The fourth-order valence-electron chi connectivity index (χ4n) is 1.68. The Hall–Kier alpha value is -1.46. The van der Waals surface area contributed by atoms with Crippen molar-refractivity contribution in [2.75, 3.05) is 13.2 Å². The average Bonchev–Trinajstić information content (AvgIpc) is 2.38. The first-order valence-electron chi connectivity index (χ1n) is 5.82. The maximum absolute atomic E-state index is 11.2. The minimum Gasteiger partial charge on any atom is -0.494 e. The third-order valence-electron chi connectivity index (χ3n) is 2.60. The maximum Gasteiger partial charge on any atom is 0.248 e. The Kier molecular flexibility index (Phi) is 4.66. The van der Waals surface area contributed by atoms with Gasteiger partial charge in [0.2, 0.25) is 5.56 Å². The number of hydrogen-bond acceptors (Lipinski definition) is 4. The van der Waals surface area contributed by atoms with Gasteiger partial charge in [0.1, 0.15) is 5.75 Å². The number of thiol groups is 1. The van der Waals surface area contributed by atoms with E-state index in [1.807, 2.05) is 18.2 Å². The number of hydrogen-bond donors (Lipinski definition) is 2. The molecule has 0 aliphatic carbocycles. The number of ether oxygens (including phenoxy) is 1. The number of aromatic amines is 1. The predicted molar refractivity (Wildman–Crippen MR) is 74.2 cm³/mol. The lowest BCUT2D eigenvalue weighted by Crippen LogP contribution is -2.03. The molecule has 2 aromatic rings. The first kappa shape index (κ1) is 13.0. The predicted octanol–water partition coefficient (Wildman–Crippen LogP) is 2.55. The molecular weight excluding hydrogens is 250 g/mol. The zero-order valence-corrected chi connectivity index (χ0v) is 10.8. The van der Waals surface area contributed by atoms with Gasteiger partial charge in [0, 0.05) is 12.1 Å². The van der Waals surface area contributed by atoms with Crippen LogP contribution in [0.3, 0.4) is 0 Å². The quantitative estimate of drug-likeness (QED) is 0.479. The van der Waals surface area contributed by atoms with Crippen LogP contribution in [-0.4, -0.2) is 18.2 Å². The van der Waals surface area contributed by atoms with Gasteiger partial charge in [-0.15, -0.1) is 0 Å². The molecule has 4 nitrogen and oxygen atoms in total. The molecule has 5 heteroatoms. The standard InChI is InChI=1S/C13H15NO3S/c15-13-6-4-10-3-5-11(9-12(10)14-13)16-7-1-2-8-17-18/h3-6,9,18H,1-2,7-8H2,(H,14,15). The van der Waals surface area contributed by atoms with Gasteiger partial charge in [0.15, 0.2) is 0 Å². The molecule has 0 saturated carbocycles. The van der Waals surface area contributed by atoms with Gasteiger partial charge < -0.3 is 13.9 Å². The molecule has 2 rings (SSSR count). The summed E-state index contributed by atoms with van der Waals surface area (Å²) in [6.07, 6.45) is 1.82. The van der Waals surface area contributed by atoms with E-state index < -0.39 is 0 Å². The highest BCUT2D eigenvalue weighted by atomic mass is 32.1. The third-order valence-corrected chi connectivity index (χ3v) is 2.78.